The zero-order valence-corrected chi connectivity index (χ0v) is 8.73. The number of nitrogens with two attached hydrogens (primary N) is 1. The third-order valence-corrected chi connectivity index (χ3v) is 1.97. The zero-order chi connectivity index (χ0) is 9.84. The van der Waals surface area contributed by atoms with Crippen molar-refractivity contribution in [1.29, 1.82) is 0 Å². The molecule has 0 saturated carbocycles. The summed E-state index contributed by atoms with van der Waals surface area (Å²) in [6, 6.07) is 6.13. The molecule has 0 saturated heterocycles. The molecule has 1 aromatic rings. The fourth-order valence-corrected chi connectivity index (χ4v) is 1.38. The van der Waals surface area contributed by atoms with Gasteiger partial charge in [0.1, 0.15) is 0 Å². The predicted octanol–water partition coefficient (Wildman–Crippen LogP) is 2.62. The molecule has 0 heterocycles. The molecule has 72 valence electrons. The number of rotatable bonds is 3. The minimum atomic E-state index is 0.409. The van der Waals surface area contributed by atoms with Crippen molar-refractivity contribution < 1.29 is 0 Å². The van der Waals surface area contributed by atoms with Crippen molar-refractivity contribution in [3.63, 3.8) is 0 Å². The molecule has 1 aromatic carbocycles. The van der Waals surface area contributed by atoms with Gasteiger partial charge in [0, 0.05) is 23.3 Å². The van der Waals surface area contributed by atoms with Gasteiger partial charge in [-0.2, -0.15) is 0 Å². The molecule has 13 heavy (non-hydrogen) atoms. The van der Waals surface area contributed by atoms with Gasteiger partial charge in [0.25, 0.3) is 0 Å². The second-order valence-corrected chi connectivity index (χ2v) is 3.74. The molecule has 0 atom stereocenters. The number of nitrogens with one attached hydrogen (secondary N) is 1. The first kappa shape index (κ1) is 10.4. The second-order valence-electron chi connectivity index (χ2n) is 3.30. The van der Waals surface area contributed by atoms with Gasteiger partial charge < -0.3 is 11.1 Å². The van der Waals surface area contributed by atoms with Crippen LogP contribution >= 0.6 is 11.6 Å². The molecule has 0 aromatic heterocycles. The summed E-state index contributed by atoms with van der Waals surface area (Å²) in [5, 5.41) is 4.04. The second kappa shape index (κ2) is 4.49. The standard InChI is InChI=1S/C10H15ClN2/c1-7(2)13-10-4-3-9(11)5-8(10)6-12/h3-5,7,13H,6,12H2,1-2H3. The average molecular weight is 199 g/mol. The van der Waals surface area contributed by atoms with Crippen LogP contribution in [0.15, 0.2) is 18.2 Å². The molecule has 0 bridgehead atoms. The third-order valence-electron chi connectivity index (χ3n) is 1.73. The van der Waals surface area contributed by atoms with Gasteiger partial charge in [0.15, 0.2) is 0 Å². The minimum absolute atomic E-state index is 0.409. The molecular weight excluding hydrogens is 184 g/mol. The van der Waals surface area contributed by atoms with Gasteiger partial charge in [0.05, 0.1) is 0 Å². The van der Waals surface area contributed by atoms with E-state index in [4.69, 9.17) is 17.3 Å². The van der Waals surface area contributed by atoms with Gasteiger partial charge in [-0.1, -0.05) is 11.6 Å². The normalized spacial score (nSPS) is 10.5. The topological polar surface area (TPSA) is 38.0 Å². The predicted molar refractivity (Wildman–Crippen MR) is 58.1 cm³/mol. The van der Waals surface area contributed by atoms with E-state index in [2.05, 4.69) is 19.2 Å². The summed E-state index contributed by atoms with van der Waals surface area (Å²) in [6.07, 6.45) is 0. The minimum Gasteiger partial charge on any atom is -0.383 e. The third kappa shape index (κ3) is 2.90. The van der Waals surface area contributed by atoms with E-state index in [0.29, 0.717) is 12.6 Å². The first-order chi connectivity index (χ1) is 6.13. The SMILES string of the molecule is CC(C)Nc1ccc(Cl)cc1CN. The Balaban J connectivity index is 2.92. The van der Waals surface area contributed by atoms with Crippen LogP contribution in [-0.2, 0) is 6.54 Å². The van der Waals surface area contributed by atoms with Crippen LogP contribution in [0, 0.1) is 0 Å². The highest BCUT2D eigenvalue weighted by Gasteiger charge is 2.02. The molecule has 3 heteroatoms. The van der Waals surface area contributed by atoms with E-state index in [1.165, 1.54) is 0 Å². The van der Waals surface area contributed by atoms with E-state index in [0.717, 1.165) is 16.3 Å². The van der Waals surface area contributed by atoms with Crippen LogP contribution in [0.3, 0.4) is 0 Å². The molecule has 0 aliphatic rings. The number of halogens is 1. The van der Waals surface area contributed by atoms with Gasteiger partial charge in [-0.15, -0.1) is 0 Å². The maximum absolute atomic E-state index is 5.85. The Hall–Kier alpha value is -0.730. The van der Waals surface area contributed by atoms with Gasteiger partial charge in [0.2, 0.25) is 0 Å². The Kier molecular flexibility index (Phi) is 3.58. The smallest absolute Gasteiger partial charge is 0.0410 e. The van der Waals surface area contributed by atoms with Crippen molar-refractivity contribution in [2.45, 2.75) is 26.4 Å². The van der Waals surface area contributed by atoms with Gasteiger partial charge >= 0.3 is 0 Å². The lowest BCUT2D eigenvalue weighted by Gasteiger charge is -2.13. The van der Waals surface area contributed by atoms with Crippen LogP contribution in [0.2, 0.25) is 5.02 Å². The summed E-state index contributed by atoms with van der Waals surface area (Å²) < 4.78 is 0. The molecule has 1 rings (SSSR count). The first-order valence-corrected chi connectivity index (χ1v) is 4.76. The van der Waals surface area contributed by atoms with Crippen LogP contribution in [0.4, 0.5) is 5.69 Å². The molecule has 0 radical (unpaired) electrons. The van der Waals surface area contributed by atoms with Crippen LogP contribution in [0.5, 0.6) is 0 Å². The Morgan fingerprint density at radius 1 is 1.46 bits per heavy atom. The highest BCUT2D eigenvalue weighted by molar-refractivity contribution is 6.30. The lowest BCUT2D eigenvalue weighted by Crippen LogP contribution is -2.12. The number of hydrogen-bond donors (Lipinski definition) is 2. The van der Waals surface area contributed by atoms with Gasteiger partial charge in [-0.05, 0) is 37.6 Å². The largest absolute Gasteiger partial charge is 0.383 e. The molecule has 0 unspecified atom stereocenters. The molecule has 0 aliphatic carbocycles. The first-order valence-electron chi connectivity index (χ1n) is 4.38. The molecule has 0 amide bonds. The maximum atomic E-state index is 5.85. The quantitative estimate of drug-likeness (QED) is 0.784. The van der Waals surface area contributed by atoms with Crippen LogP contribution in [0.25, 0.3) is 0 Å². The van der Waals surface area contributed by atoms with E-state index in [9.17, 15) is 0 Å². The number of benzene rings is 1. The molecule has 0 spiro atoms. The summed E-state index contributed by atoms with van der Waals surface area (Å²) >= 11 is 5.85. The summed E-state index contributed by atoms with van der Waals surface area (Å²) in [5.74, 6) is 0. The van der Waals surface area contributed by atoms with E-state index in [-0.39, 0.29) is 0 Å². The Morgan fingerprint density at radius 2 is 2.15 bits per heavy atom. The lowest BCUT2D eigenvalue weighted by molar-refractivity contribution is 0.892. The molecule has 2 nitrogen and oxygen atoms in total. The molecule has 0 fully saturated rings. The Bertz CT molecular complexity index is 284. The Morgan fingerprint density at radius 3 is 2.69 bits per heavy atom. The fraction of sp³-hybridized carbons (Fsp3) is 0.400. The Labute approximate surface area is 84.1 Å². The summed E-state index contributed by atoms with van der Waals surface area (Å²) in [4.78, 5) is 0. The van der Waals surface area contributed by atoms with Crippen molar-refractivity contribution >= 4 is 17.3 Å². The van der Waals surface area contributed by atoms with Crippen molar-refractivity contribution in [2.75, 3.05) is 5.32 Å². The van der Waals surface area contributed by atoms with E-state index in [1.807, 2.05) is 18.2 Å². The monoisotopic (exact) mass is 198 g/mol. The number of hydrogen-bond acceptors (Lipinski definition) is 2. The lowest BCUT2D eigenvalue weighted by atomic mass is 10.1. The van der Waals surface area contributed by atoms with Crippen molar-refractivity contribution in [3.05, 3.63) is 28.8 Å². The van der Waals surface area contributed by atoms with Crippen LogP contribution in [-0.4, -0.2) is 6.04 Å². The van der Waals surface area contributed by atoms with Crippen molar-refractivity contribution in [2.24, 2.45) is 5.73 Å². The van der Waals surface area contributed by atoms with Gasteiger partial charge in [-0.3, -0.25) is 0 Å². The zero-order valence-electron chi connectivity index (χ0n) is 7.97. The van der Waals surface area contributed by atoms with Crippen LogP contribution in [0.1, 0.15) is 19.4 Å². The van der Waals surface area contributed by atoms with E-state index < -0.39 is 0 Å². The summed E-state index contributed by atoms with van der Waals surface area (Å²) in [6.45, 7) is 4.69. The molecule has 3 N–H and O–H groups in total. The average Bonchev–Trinajstić information content (AvgIpc) is 2.07. The maximum Gasteiger partial charge on any atom is 0.0410 e. The summed E-state index contributed by atoms with van der Waals surface area (Å²) in [5.41, 5.74) is 7.72. The molecular formula is C10H15ClN2. The van der Waals surface area contributed by atoms with Gasteiger partial charge in [-0.25, -0.2) is 0 Å². The van der Waals surface area contributed by atoms with E-state index >= 15 is 0 Å². The van der Waals surface area contributed by atoms with E-state index in [1.54, 1.807) is 0 Å². The molecule has 0 aliphatic heterocycles. The number of anilines is 1. The summed E-state index contributed by atoms with van der Waals surface area (Å²) in [7, 11) is 0. The highest BCUT2D eigenvalue weighted by Crippen LogP contribution is 2.20. The van der Waals surface area contributed by atoms with Crippen molar-refractivity contribution in [3.8, 4) is 0 Å². The fourth-order valence-electron chi connectivity index (χ4n) is 1.18. The highest BCUT2D eigenvalue weighted by atomic mass is 35.5. The van der Waals surface area contributed by atoms with Crippen LogP contribution < -0.4 is 11.1 Å². The van der Waals surface area contributed by atoms with Crippen molar-refractivity contribution in [1.82, 2.24) is 0 Å².